The van der Waals surface area contributed by atoms with E-state index in [1.165, 1.54) is 13.2 Å². The van der Waals surface area contributed by atoms with E-state index in [0.717, 1.165) is 0 Å². The maximum atomic E-state index is 13.2. The number of nitrogens with zero attached hydrogens (tertiary/aromatic N) is 1. The molecule has 0 unspecified atom stereocenters. The van der Waals surface area contributed by atoms with Crippen molar-refractivity contribution >= 4 is 15.9 Å². The second-order valence-corrected chi connectivity index (χ2v) is 3.33. The van der Waals surface area contributed by atoms with Crippen LogP contribution in [-0.2, 0) is 6.42 Å². The van der Waals surface area contributed by atoms with Crippen LogP contribution in [0.5, 0.6) is 5.75 Å². The lowest BCUT2D eigenvalue weighted by molar-refractivity contribution is 0.382. The number of nitriles is 1. The van der Waals surface area contributed by atoms with Gasteiger partial charge in [0.15, 0.2) is 11.6 Å². The van der Waals surface area contributed by atoms with Gasteiger partial charge in [0.25, 0.3) is 0 Å². The highest BCUT2D eigenvalue weighted by atomic mass is 79.9. The van der Waals surface area contributed by atoms with Crippen LogP contribution in [0.2, 0.25) is 0 Å². The lowest BCUT2D eigenvalue weighted by atomic mass is 10.1. The summed E-state index contributed by atoms with van der Waals surface area (Å²) in [7, 11) is 1.38. The zero-order valence-corrected chi connectivity index (χ0v) is 8.56. The molecule has 0 fully saturated rings. The van der Waals surface area contributed by atoms with Gasteiger partial charge < -0.3 is 4.74 Å². The van der Waals surface area contributed by atoms with Crippen molar-refractivity contribution in [2.75, 3.05) is 7.11 Å². The minimum atomic E-state index is -0.456. The maximum Gasteiger partial charge on any atom is 0.166 e. The molecular formula is C9H7BrFNO. The Morgan fingerprint density at radius 2 is 2.31 bits per heavy atom. The van der Waals surface area contributed by atoms with Crippen molar-refractivity contribution in [3.63, 3.8) is 0 Å². The highest BCUT2D eigenvalue weighted by molar-refractivity contribution is 9.10. The highest BCUT2D eigenvalue weighted by Gasteiger charge is 2.09. The molecule has 13 heavy (non-hydrogen) atoms. The van der Waals surface area contributed by atoms with E-state index in [4.69, 9.17) is 10.00 Å². The largest absolute Gasteiger partial charge is 0.493 e. The van der Waals surface area contributed by atoms with Gasteiger partial charge in [-0.1, -0.05) is 15.9 Å². The van der Waals surface area contributed by atoms with Crippen molar-refractivity contribution in [2.45, 2.75) is 6.42 Å². The van der Waals surface area contributed by atoms with Gasteiger partial charge in [0.2, 0.25) is 0 Å². The lowest BCUT2D eigenvalue weighted by Crippen LogP contribution is -1.94. The molecule has 0 amide bonds. The second kappa shape index (κ2) is 4.24. The molecule has 0 aliphatic carbocycles. The van der Waals surface area contributed by atoms with Crippen LogP contribution in [0.1, 0.15) is 5.56 Å². The summed E-state index contributed by atoms with van der Waals surface area (Å²) >= 11 is 3.14. The molecule has 0 aromatic heterocycles. The van der Waals surface area contributed by atoms with Gasteiger partial charge in [0, 0.05) is 10.0 Å². The summed E-state index contributed by atoms with van der Waals surface area (Å²) in [5.74, 6) is -0.313. The first-order valence-electron chi connectivity index (χ1n) is 3.58. The zero-order valence-electron chi connectivity index (χ0n) is 6.97. The fourth-order valence-corrected chi connectivity index (χ4v) is 1.54. The molecule has 0 spiro atoms. The van der Waals surface area contributed by atoms with Gasteiger partial charge in [-0.2, -0.15) is 5.26 Å². The van der Waals surface area contributed by atoms with Gasteiger partial charge in [-0.3, -0.25) is 0 Å². The van der Waals surface area contributed by atoms with Crippen LogP contribution in [0.25, 0.3) is 0 Å². The monoisotopic (exact) mass is 243 g/mol. The first-order valence-corrected chi connectivity index (χ1v) is 4.37. The summed E-state index contributed by atoms with van der Waals surface area (Å²) < 4.78 is 18.6. The standard InChI is InChI=1S/C9H7BrFNO/c1-13-9-6(2-3-12)4-7(10)5-8(9)11/h4-5H,2H2,1H3. The molecule has 0 aliphatic heterocycles. The Bertz CT molecular complexity index is 359. The van der Waals surface area contributed by atoms with Crippen LogP contribution in [0.4, 0.5) is 4.39 Å². The zero-order chi connectivity index (χ0) is 9.84. The van der Waals surface area contributed by atoms with Crippen LogP contribution in [-0.4, -0.2) is 7.11 Å². The second-order valence-electron chi connectivity index (χ2n) is 2.41. The third kappa shape index (κ3) is 2.19. The first kappa shape index (κ1) is 10.0. The highest BCUT2D eigenvalue weighted by Crippen LogP contribution is 2.27. The van der Waals surface area contributed by atoms with Gasteiger partial charge in [0.1, 0.15) is 0 Å². The Balaban J connectivity index is 3.23. The Kier molecular flexibility index (Phi) is 3.26. The number of hydrogen-bond donors (Lipinski definition) is 0. The first-order chi connectivity index (χ1) is 6.19. The third-order valence-electron chi connectivity index (χ3n) is 1.56. The molecule has 0 radical (unpaired) electrons. The summed E-state index contributed by atoms with van der Waals surface area (Å²) in [6.07, 6.45) is 0.138. The van der Waals surface area contributed by atoms with Crippen LogP contribution in [0.15, 0.2) is 16.6 Å². The molecule has 0 heterocycles. The Morgan fingerprint density at radius 1 is 1.62 bits per heavy atom. The quantitative estimate of drug-likeness (QED) is 0.801. The fraction of sp³-hybridized carbons (Fsp3) is 0.222. The molecule has 0 atom stereocenters. The van der Waals surface area contributed by atoms with Crippen molar-refractivity contribution in [3.05, 3.63) is 28.0 Å². The van der Waals surface area contributed by atoms with E-state index >= 15 is 0 Å². The van der Waals surface area contributed by atoms with Crippen molar-refractivity contribution < 1.29 is 9.13 Å². The molecular weight excluding hydrogens is 237 g/mol. The third-order valence-corrected chi connectivity index (χ3v) is 2.02. The average Bonchev–Trinajstić information content (AvgIpc) is 2.04. The van der Waals surface area contributed by atoms with Crippen molar-refractivity contribution in [1.29, 1.82) is 5.26 Å². The molecule has 1 aromatic carbocycles. The maximum absolute atomic E-state index is 13.2. The molecule has 2 nitrogen and oxygen atoms in total. The van der Waals surface area contributed by atoms with Gasteiger partial charge in [-0.25, -0.2) is 4.39 Å². The molecule has 0 bridgehead atoms. The van der Waals surface area contributed by atoms with Gasteiger partial charge in [0.05, 0.1) is 19.6 Å². The van der Waals surface area contributed by atoms with Gasteiger partial charge >= 0.3 is 0 Å². The topological polar surface area (TPSA) is 33.0 Å². The van der Waals surface area contributed by atoms with E-state index in [2.05, 4.69) is 15.9 Å². The molecule has 1 rings (SSSR count). The Hall–Kier alpha value is -1.08. The molecule has 0 aliphatic rings. The van der Waals surface area contributed by atoms with Crippen molar-refractivity contribution in [3.8, 4) is 11.8 Å². The van der Waals surface area contributed by atoms with Crippen LogP contribution in [0, 0.1) is 17.1 Å². The van der Waals surface area contributed by atoms with E-state index in [0.29, 0.717) is 10.0 Å². The molecule has 1 aromatic rings. The number of hydrogen-bond acceptors (Lipinski definition) is 2. The summed E-state index contributed by atoms with van der Waals surface area (Å²) in [4.78, 5) is 0. The van der Waals surface area contributed by atoms with E-state index in [-0.39, 0.29) is 12.2 Å². The van der Waals surface area contributed by atoms with E-state index in [9.17, 15) is 4.39 Å². The number of ether oxygens (including phenoxy) is 1. The molecule has 4 heteroatoms. The van der Waals surface area contributed by atoms with Crippen LogP contribution < -0.4 is 4.74 Å². The SMILES string of the molecule is COc1c(F)cc(Br)cc1CC#N. The molecule has 0 saturated heterocycles. The smallest absolute Gasteiger partial charge is 0.166 e. The van der Waals surface area contributed by atoms with Crippen molar-refractivity contribution in [1.82, 2.24) is 0 Å². The van der Waals surface area contributed by atoms with Crippen LogP contribution >= 0.6 is 15.9 Å². The number of halogens is 2. The van der Waals surface area contributed by atoms with Gasteiger partial charge in [-0.05, 0) is 12.1 Å². The minimum Gasteiger partial charge on any atom is -0.493 e. The Morgan fingerprint density at radius 3 is 2.85 bits per heavy atom. The van der Waals surface area contributed by atoms with E-state index in [1.54, 1.807) is 6.07 Å². The van der Waals surface area contributed by atoms with Crippen LogP contribution in [0.3, 0.4) is 0 Å². The number of benzene rings is 1. The average molecular weight is 244 g/mol. The number of rotatable bonds is 2. The summed E-state index contributed by atoms with van der Waals surface area (Å²) in [6, 6.07) is 4.92. The lowest BCUT2D eigenvalue weighted by Gasteiger charge is -2.06. The molecule has 0 saturated carbocycles. The van der Waals surface area contributed by atoms with Crippen molar-refractivity contribution in [2.24, 2.45) is 0 Å². The molecule has 0 N–H and O–H groups in total. The summed E-state index contributed by atoms with van der Waals surface area (Å²) in [6.45, 7) is 0. The summed E-state index contributed by atoms with van der Waals surface area (Å²) in [5, 5.41) is 8.48. The minimum absolute atomic E-state index is 0.138. The Labute approximate surface area is 84.1 Å². The van der Waals surface area contributed by atoms with E-state index in [1.807, 2.05) is 6.07 Å². The predicted molar refractivity (Wildman–Crippen MR) is 50.0 cm³/mol. The molecule has 68 valence electrons. The van der Waals surface area contributed by atoms with E-state index < -0.39 is 5.82 Å². The number of methoxy groups -OCH3 is 1. The fourth-order valence-electron chi connectivity index (χ4n) is 1.06. The predicted octanol–water partition coefficient (Wildman–Crippen LogP) is 2.66. The van der Waals surface area contributed by atoms with Gasteiger partial charge in [-0.15, -0.1) is 0 Å². The summed E-state index contributed by atoms with van der Waals surface area (Å²) in [5.41, 5.74) is 0.553. The normalized spacial score (nSPS) is 9.38.